The molecule has 0 saturated carbocycles. The average Bonchev–Trinajstić information content (AvgIpc) is 3.32. The molecule has 142 valence electrons. The first-order valence-electron chi connectivity index (χ1n) is 8.46. The van der Waals surface area contributed by atoms with E-state index in [9.17, 15) is 13.2 Å². The third-order valence-corrected chi connectivity index (χ3v) is 4.37. The number of hydrogen-bond donors (Lipinski definition) is 1. The summed E-state index contributed by atoms with van der Waals surface area (Å²) in [5.74, 6) is 0.408. The summed E-state index contributed by atoms with van der Waals surface area (Å²) in [5, 5.41) is 11.0. The fourth-order valence-corrected chi connectivity index (χ4v) is 2.84. The average molecular weight is 384 g/mol. The van der Waals surface area contributed by atoms with Crippen molar-refractivity contribution in [2.24, 2.45) is 0 Å². The molecule has 4 aromatic rings. The van der Waals surface area contributed by atoms with Crippen molar-refractivity contribution in [2.45, 2.75) is 20.0 Å². The number of benzene rings is 2. The van der Waals surface area contributed by atoms with Crippen molar-refractivity contribution in [1.29, 1.82) is 0 Å². The number of aromatic amines is 1. The molecule has 1 N–H and O–H groups in total. The van der Waals surface area contributed by atoms with Crippen LogP contribution in [0.25, 0.3) is 34.2 Å². The minimum atomic E-state index is -4.39. The minimum Gasteiger partial charge on any atom is -0.332 e. The van der Waals surface area contributed by atoms with E-state index >= 15 is 0 Å². The van der Waals surface area contributed by atoms with E-state index in [-0.39, 0.29) is 11.7 Å². The normalized spacial score (nSPS) is 11.8. The standard InChI is InChI=1S/C20H15F3N4O/c1-11-3-4-12(2)15(9-11)16-10-17(26-25-16)19-24-18(27-28-19)13-5-7-14(8-6-13)20(21,22)23/h3-10H,1-2H3,(H,25,26). The van der Waals surface area contributed by atoms with Crippen molar-refractivity contribution in [2.75, 3.05) is 0 Å². The van der Waals surface area contributed by atoms with Gasteiger partial charge in [0.2, 0.25) is 5.82 Å². The Hall–Kier alpha value is -3.42. The number of H-pyrrole nitrogens is 1. The van der Waals surface area contributed by atoms with E-state index in [1.165, 1.54) is 12.1 Å². The lowest BCUT2D eigenvalue weighted by molar-refractivity contribution is -0.137. The number of aryl methyl sites for hydroxylation is 2. The number of nitrogens with one attached hydrogen (secondary N) is 1. The molecule has 0 saturated heterocycles. The molecule has 2 aromatic heterocycles. The Balaban J connectivity index is 1.62. The fraction of sp³-hybridized carbons (Fsp3) is 0.150. The highest BCUT2D eigenvalue weighted by molar-refractivity contribution is 5.68. The third-order valence-electron chi connectivity index (χ3n) is 4.37. The van der Waals surface area contributed by atoms with Crippen LogP contribution in [0.15, 0.2) is 53.1 Å². The number of alkyl halides is 3. The molecular weight excluding hydrogens is 369 g/mol. The van der Waals surface area contributed by atoms with Gasteiger partial charge in [-0.25, -0.2) is 0 Å². The number of rotatable bonds is 3. The Morgan fingerprint density at radius 3 is 2.43 bits per heavy atom. The first kappa shape index (κ1) is 18.0. The van der Waals surface area contributed by atoms with E-state index in [4.69, 9.17) is 4.52 Å². The van der Waals surface area contributed by atoms with Crippen molar-refractivity contribution in [1.82, 2.24) is 20.3 Å². The molecule has 0 unspecified atom stereocenters. The highest BCUT2D eigenvalue weighted by Gasteiger charge is 2.30. The van der Waals surface area contributed by atoms with Gasteiger partial charge in [-0.2, -0.15) is 23.3 Å². The molecule has 2 aromatic carbocycles. The van der Waals surface area contributed by atoms with Crippen LogP contribution >= 0.6 is 0 Å². The summed E-state index contributed by atoms with van der Waals surface area (Å²) >= 11 is 0. The van der Waals surface area contributed by atoms with Gasteiger partial charge < -0.3 is 4.52 Å². The summed E-state index contributed by atoms with van der Waals surface area (Å²) in [6.45, 7) is 4.00. The van der Waals surface area contributed by atoms with Crippen molar-refractivity contribution in [3.8, 4) is 34.2 Å². The SMILES string of the molecule is Cc1ccc(C)c(-c2cc(-c3nc(-c4ccc(C(F)(F)F)cc4)no3)[nH]n2)c1. The summed E-state index contributed by atoms with van der Waals surface area (Å²) in [6.07, 6.45) is -4.39. The lowest BCUT2D eigenvalue weighted by Gasteiger charge is -2.05. The first-order chi connectivity index (χ1) is 13.3. The van der Waals surface area contributed by atoms with Crippen LogP contribution in [0.3, 0.4) is 0 Å². The highest BCUT2D eigenvalue weighted by Crippen LogP contribution is 2.31. The molecule has 5 nitrogen and oxygen atoms in total. The highest BCUT2D eigenvalue weighted by atomic mass is 19.4. The second-order valence-electron chi connectivity index (χ2n) is 6.48. The van der Waals surface area contributed by atoms with Gasteiger partial charge in [0, 0.05) is 11.1 Å². The Morgan fingerprint density at radius 2 is 1.71 bits per heavy atom. The molecule has 0 aliphatic rings. The number of nitrogens with zero attached hydrogens (tertiary/aromatic N) is 3. The number of hydrogen-bond acceptors (Lipinski definition) is 4. The Morgan fingerprint density at radius 1 is 0.964 bits per heavy atom. The van der Waals surface area contributed by atoms with Gasteiger partial charge in [-0.15, -0.1) is 0 Å². The molecule has 0 bridgehead atoms. The molecule has 0 atom stereocenters. The summed E-state index contributed by atoms with van der Waals surface area (Å²) in [7, 11) is 0. The molecule has 0 aliphatic carbocycles. The van der Waals surface area contributed by atoms with E-state index in [1.807, 2.05) is 32.0 Å². The number of aromatic nitrogens is 4. The minimum absolute atomic E-state index is 0.201. The maximum atomic E-state index is 12.7. The van der Waals surface area contributed by atoms with Crippen molar-refractivity contribution >= 4 is 0 Å². The van der Waals surface area contributed by atoms with Gasteiger partial charge in [-0.1, -0.05) is 35.0 Å². The van der Waals surface area contributed by atoms with E-state index in [1.54, 1.807) is 6.07 Å². The molecule has 0 radical (unpaired) electrons. The van der Waals surface area contributed by atoms with Gasteiger partial charge in [0.25, 0.3) is 5.89 Å². The number of halogens is 3. The van der Waals surface area contributed by atoms with Crippen molar-refractivity contribution in [3.63, 3.8) is 0 Å². The van der Waals surface area contributed by atoms with Crippen LogP contribution in [0.4, 0.5) is 13.2 Å². The first-order valence-corrected chi connectivity index (χ1v) is 8.46. The maximum absolute atomic E-state index is 12.7. The zero-order valence-electron chi connectivity index (χ0n) is 15.0. The quantitative estimate of drug-likeness (QED) is 0.511. The fourth-order valence-electron chi connectivity index (χ4n) is 2.84. The zero-order chi connectivity index (χ0) is 19.9. The largest absolute Gasteiger partial charge is 0.416 e. The van der Waals surface area contributed by atoms with Crippen molar-refractivity contribution < 1.29 is 17.7 Å². The molecule has 4 rings (SSSR count). The molecular formula is C20H15F3N4O. The second kappa shape index (κ2) is 6.63. The molecule has 2 heterocycles. The Bertz CT molecular complexity index is 1130. The molecule has 0 spiro atoms. The molecule has 0 amide bonds. The predicted molar refractivity (Wildman–Crippen MR) is 97.2 cm³/mol. The van der Waals surface area contributed by atoms with Gasteiger partial charge in [0.05, 0.1) is 11.3 Å². The lowest BCUT2D eigenvalue weighted by Crippen LogP contribution is -2.04. The Kier molecular flexibility index (Phi) is 4.26. The Labute approximate surface area is 158 Å². The topological polar surface area (TPSA) is 67.6 Å². The van der Waals surface area contributed by atoms with Crippen LogP contribution in [0.1, 0.15) is 16.7 Å². The van der Waals surface area contributed by atoms with E-state index in [0.29, 0.717) is 11.3 Å². The van der Waals surface area contributed by atoms with Crippen LogP contribution in [0.2, 0.25) is 0 Å². The van der Waals surface area contributed by atoms with E-state index < -0.39 is 11.7 Å². The summed E-state index contributed by atoms with van der Waals surface area (Å²) in [6, 6.07) is 12.5. The van der Waals surface area contributed by atoms with Gasteiger partial charge >= 0.3 is 6.18 Å². The summed E-state index contributed by atoms with van der Waals surface area (Å²) in [5.41, 5.74) is 4.16. The monoisotopic (exact) mass is 384 g/mol. The van der Waals surface area contributed by atoms with Gasteiger partial charge in [0.1, 0.15) is 5.69 Å². The van der Waals surface area contributed by atoms with E-state index in [2.05, 4.69) is 20.3 Å². The van der Waals surface area contributed by atoms with Gasteiger partial charge in [-0.3, -0.25) is 5.10 Å². The second-order valence-corrected chi connectivity index (χ2v) is 6.48. The van der Waals surface area contributed by atoms with Crippen LogP contribution in [-0.2, 0) is 6.18 Å². The lowest BCUT2D eigenvalue weighted by atomic mass is 10.0. The van der Waals surface area contributed by atoms with Crippen LogP contribution in [0, 0.1) is 13.8 Å². The van der Waals surface area contributed by atoms with Crippen LogP contribution < -0.4 is 0 Å². The maximum Gasteiger partial charge on any atom is 0.416 e. The zero-order valence-corrected chi connectivity index (χ0v) is 15.0. The smallest absolute Gasteiger partial charge is 0.332 e. The molecule has 0 fully saturated rings. The molecule has 8 heteroatoms. The van der Waals surface area contributed by atoms with Gasteiger partial charge in [-0.05, 0) is 43.7 Å². The van der Waals surface area contributed by atoms with E-state index in [0.717, 1.165) is 34.5 Å². The summed E-state index contributed by atoms with van der Waals surface area (Å²) < 4.78 is 43.3. The van der Waals surface area contributed by atoms with Crippen LogP contribution in [0.5, 0.6) is 0 Å². The molecule has 28 heavy (non-hydrogen) atoms. The third kappa shape index (κ3) is 3.40. The predicted octanol–water partition coefficient (Wildman–Crippen LogP) is 5.43. The van der Waals surface area contributed by atoms with Crippen LogP contribution in [-0.4, -0.2) is 20.3 Å². The van der Waals surface area contributed by atoms with Gasteiger partial charge in [0.15, 0.2) is 0 Å². The summed E-state index contributed by atoms with van der Waals surface area (Å²) in [4.78, 5) is 4.26. The van der Waals surface area contributed by atoms with Crippen molar-refractivity contribution in [3.05, 3.63) is 65.2 Å². The molecule has 0 aliphatic heterocycles.